The minimum atomic E-state index is -0.833. The number of imidazole rings is 1. The number of aromatic amines is 1. The molecule has 0 bridgehead atoms. The summed E-state index contributed by atoms with van der Waals surface area (Å²) in [6, 6.07) is 11.4. The lowest BCUT2D eigenvalue weighted by atomic mass is 10.3. The Morgan fingerprint density at radius 1 is 1.04 bits per heavy atom. The molecule has 10 heteroatoms. The quantitative estimate of drug-likeness (QED) is 0.265. The average Bonchev–Trinajstić information content (AvgIpc) is 2.82. The summed E-state index contributed by atoms with van der Waals surface area (Å²) in [6.07, 6.45) is 0. The number of aromatic nitrogens is 2. The topological polar surface area (TPSA) is 118 Å². The van der Waals surface area contributed by atoms with Crippen LogP contribution in [0.15, 0.2) is 45.3 Å². The molecular weight excluding hydrogens is 523 g/mol. The number of aliphatic carboxylic acids is 1. The van der Waals surface area contributed by atoms with Gasteiger partial charge in [0.05, 0.1) is 22.4 Å². The van der Waals surface area contributed by atoms with E-state index in [1.807, 2.05) is 31.2 Å². The average molecular weight is 547 g/mol. The van der Waals surface area contributed by atoms with Crippen molar-refractivity contribution in [2.75, 3.05) is 11.5 Å². The first-order chi connectivity index (χ1) is 11.2. The minimum absolute atomic E-state index is 0. The molecule has 0 atom stereocenters. The highest BCUT2D eigenvalue weighted by Gasteiger charge is 1.97. The second-order valence-corrected chi connectivity index (χ2v) is 6.61. The van der Waals surface area contributed by atoms with Crippen LogP contribution in [-0.4, -0.2) is 21.0 Å². The van der Waals surface area contributed by atoms with Crippen LogP contribution in [0, 0.1) is 6.92 Å². The normalized spacial score (nSPS) is 8.44. The highest BCUT2D eigenvalue weighted by Crippen LogP contribution is 2.19. The zero-order chi connectivity index (χ0) is 18.3. The van der Waals surface area contributed by atoms with Gasteiger partial charge in [-0.1, -0.05) is 39.3 Å². The van der Waals surface area contributed by atoms with Gasteiger partial charge in [0.1, 0.15) is 5.82 Å². The van der Waals surface area contributed by atoms with E-state index < -0.39 is 5.97 Å². The van der Waals surface area contributed by atoms with E-state index in [2.05, 4.69) is 41.8 Å². The molecule has 0 aliphatic rings. The summed E-state index contributed by atoms with van der Waals surface area (Å²) in [4.78, 5) is 16.4. The first kappa shape index (κ1) is 30.3. The van der Waals surface area contributed by atoms with Crippen LogP contribution >= 0.6 is 56.7 Å². The fourth-order valence-electron chi connectivity index (χ4n) is 1.66. The number of hydrogen-bond acceptors (Lipinski definition) is 4. The molecule has 0 spiro atoms. The summed E-state index contributed by atoms with van der Waals surface area (Å²) in [6.45, 7) is 3.04. The van der Waals surface area contributed by atoms with Gasteiger partial charge in [0.2, 0.25) is 0 Å². The van der Waals surface area contributed by atoms with Gasteiger partial charge in [0.15, 0.2) is 0 Å². The number of nitrogen functional groups attached to an aromatic ring is 2. The SMILES string of the molecule is C.CC(=O)O.Cc1nc2ccc(Br)cc2[nH]1.Cl.Cl.Nc1ccc(Br)cc1N. The number of benzene rings is 2. The Balaban J connectivity index is -0.000000331. The highest BCUT2D eigenvalue weighted by atomic mass is 79.9. The van der Waals surface area contributed by atoms with Crippen LogP contribution in [0.3, 0.4) is 0 Å². The monoisotopic (exact) mass is 544 g/mol. The van der Waals surface area contributed by atoms with Crippen molar-refractivity contribution < 1.29 is 9.90 Å². The largest absolute Gasteiger partial charge is 0.481 e. The van der Waals surface area contributed by atoms with Gasteiger partial charge in [-0.05, 0) is 43.3 Å². The molecule has 1 heterocycles. The molecule has 3 rings (SSSR count). The van der Waals surface area contributed by atoms with Crippen LogP contribution in [0.25, 0.3) is 11.0 Å². The van der Waals surface area contributed by atoms with Crippen molar-refractivity contribution in [3.8, 4) is 0 Å². The maximum atomic E-state index is 9.00. The van der Waals surface area contributed by atoms with Crippen molar-refractivity contribution in [2.24, 2.45) is 0 Å². The first-order valence-corrected chi connectivity index (χ1v) is 8.39. The molecule has 0 unspecified atom stereocenters. The number of rotatable bonds is 0. The molecule has 0 saturated heterocycles. The molecule has 27 heavy (non-hydrogen) atoms. The van der Waals surface area contributed by atoms with Crippen LogP contribution in [0.1, 0.15) is 20.2 Å². The molecule has 0 radical (unpaired) electrons. The number of hydrogen-bond donors (Lipinski definition) is 4. The van der Waals surface area contributed by atoms with Gasteiger partial charge in [0, 0.05) is 15.9 Å². The number of nitrogens with two attached hydrogens (primary N) is 2. The molecule has 0 aliphatic carbocycles. The minimum Gasteiger partial charge on any atom is -0.481 e. The van der Waals surface area contributed by atoms with E-state index in [0.717, 1.165) is 32.7 Å². The van der Waals surface area contributed by atoms with E-state index in [-0.39, 0.29) is 32.2 Å². The predicted molar refractivity (Wildman–Crippen MR) is 126 cm³/mol. The number of nitrogens with zero attached hydrogens (tertiary/aromatic N) is 1. The van der Waals surface area contributed by atoms with E-state index in [1.165, 1.54) is 0 Å². The number of H-pyrrole nitrogens is 1. The smallest absolute Gasteiger partial charge is 0.300 e. The van der Waals surface area contributed by atoms with E-state index in [4.69, 9.17) is 21.4 Å². The second kappa shape index (κ2) is 14.6. The summed E-state index contributed by atoms with van der Waals surface area (Å²) in [5.41, 5.74) is 14.2. The van der Waals surface area contributed by atoms with Crippen molar-refractivity contribution in [2.45, 2.75) is 21.3 Å². The lowest BCUT2D eigenvalue weighted by Crippen LogP contribution is -1.92. The molecule has 2 aromatic carbocycles. The number of nitrogens with one attached hydrogen (secondary N) is 1. The number of anilines is 2. The third kappa shape index (κ3) is 11.8. The highest BCUT2D eigenvalue weighted by molar-refractivity contribution is 9.10. The Morgan fingerprint density at radius 2 is 1.52 bits per heavy atom. The molecular formula is C17H24Br2Cl2N4O2. The second-order valence-electron chi connectivity index (χ2n) is 4.78. The van der Waals surface area contributed by atoms with Gasteiger partial charge in [-0.2, -0.15) is 0 Å². The summed E-state index contributed by atoms with van der Waals surface area (Å²) >= 11 is 6.65. The van der Waals surface area contributed by atoms with Crippen LogP contribution in [0.5, 0.6) is 0 Å². The first-order valence-electron chi connectivity index (χ1n) is 6.81. The number of aryl methyl sites for hydroxylation is 1. The number of carboxylic acids is 1. The molecule has 1 aromatic heterocycles. The Kier molecular flexibility index (Phi) is 16.3. The van der Waals surface area contributed by atoms with Gasteiger partial charge in [-0.15, -0.1) is 24.8 Å². The Morgan fingerprint density at radius 3 is 2.00 bits per heavy atom. The Hall–Kier alpha value is -1.48. The van der Waals surface area contributed by atoms with Crippen molar-refractivity contribution in [3.63, 3.8) is 0 Å². The summed E-state index contributed by atoms with van der Waals surface area (Å²) in [5, 5.41) is 7.42. The Bertz CT molecular complexity index is 841. The van der Waals surface area contributed by atoms with Crippen molar-refractivity contribution in [1.29, 1.82) is 0 Å². The third-order valence-corrected chi connectivity index (χ3v) is 3.60. The number of halogens is 4. The van der Waals surface area contributed by atoms with Crippen LogP contribution in [-0.2, 0) is 4.79 Å². The zero-order valence-electron chi connectivity index (χ0n) is 14.0. The summed E-state index contributed by atoms with van der Waals surface area (Å²) in [5.74, 6) is 0.123. The Labute approximate surface area is 188 Å². The van der Waals surface area contributed by atoms with E-state index in [0.29, 0.717) is 11.4 Å². The third-order valence-electron chi connectivity index (χ3n) is 2.61. The molecule has 0 amide bonds. The van der Waals surface area contributed by atoms with Gasteiger partial charge in [0.25, 0.3) is 5.97 Å². The summed E-state index contributed by atoms with van der Waals surface area (Å²) < 4.78 is 2.03. The van der Waals surface area contributed by atoms with E-state index >= 15 is 0 Å². The zero-order valence-corrected chi connectivity index (χ0v) is 18.8. The fourth-order valence-corrected chi connectivity index (χ4v) is 2.39. The molecule has 152 valence electrons. The van der Waals surface area contributed by atoms with Crippen molar-refractivity contribution >= 4 is 85.1 Å². The maximum absolute atomic E-state index is 9.00. The van der Waals surface area contributed by atoms with Crippen LogP contribution < -0.4 is 11.5 Å². The molecule has 6 nitrogen and oxygen atoms in total. The standard InChI is InChI=1S/C8H7BrN2.C6H7BrN2.C2H4O2.CH4.2ClH/c1-5-10-7-3-2-6(9)4-8(7)11-5;7-4-1-2-5(8)6(9)3-4;1-2(3)4;;;/h2-4H,1H3,(H,10,11);1-3H,8-9H2;1H3,(H,3,4);1H4;2*1H. The molecule has 0 aliphatic heterocycles. The molecule has 6 N–H and O–H groups in total. The van der Waals surface area contributed by atoms with Crippen LogP contribution in [0.4, 0.5) is 11.4 Å². The number of fused-ring (bicyclic) bond motifs is 1. The molecule has 0 saturated carbocycles. The maximum Gasteiger partial charge on any atom is 0.300 e. The van der Waals surface area contributed by atoms with Gasteiger partial charge in [-0.25, -0.2) is 4.98 Å². The van der Waals surface area contributed by atoms with Gasteiger partial charge >= 0.3 is 0 Å². The molecule has 3 aromatic rings. The number of carbonyl (C=O) groups is 1. The van der Waals surface area contributed by atoms with E-state index in [1.54, 1.807) is 12.1 Å². The summed E-state index contributed by atoms with van der Waals surface area (Å²) in [7, 11) is 0. The van der Waals surface area contributed by atoms with Gasteiger partial charge < -0.3 is 21.6 Å². The lowest BCUT2D eigenvalue weighted by molar-refractivity contribution is -0.134. The van der Waals surface area contributed by atoms with E-state index in [9.17, 15) is 0 Å². The lowest BCUT2D eigenvalue weighted by Gasteiger charge is -1.97. The predicted octanol–water partition coefficient (Wildman–Crippen LogP) is 5.82. The van der Waals surface area contributed by atoms with Gasteiger partial charge in [-0.3, -0.25) is 4.79 Å². The number of carboxylic acid groups (broad SMARTS) is 1. The fraction of sp³-hybridized carbons (Fsp3) is 0.176. The molecule has 0 fully saturated rings. The van der Waals surface area contributed by atoms with Crippen LogP contribution in [0.2, 0.25) is 0 Å². The van der Waals surface area contributed by atoms with Crippen molar-refractivity contribution in [3.05, 3.63) is 51.2 Å². The van der Waals surface area contributed by atoms with Crippen molar-refractivity contribution in [1.82, 2.24) is 9.97 Å².